The Bertz CT molecular complexity index is 525. The highest BCUT2D eigenvalue weighted by molar-refractivity contribution is 5.38. The zero-order valence-corrected chi connectivity index (χ0v) is 10.6. The smallest absolute Gasteiger partial charge is 0.0662 e. The van der Waals surface area contributed by atoms with Gasteiger partial charge in [0.05, 0.1) is 5.35 Å². The molecule has 1 aliphatic heterocycles. The Morgan fingerprint density at radius 2 is 1.94 bits per heavy atom. The molecular formula is C15H20N2. The summed E-state index contributed by atoms with van der Waals surface area (Å²) in [6.07, 6.45) is 9.62. The summed E-state index contributed by atoms with van der Waals surface area (Å²) in [6, 6.07) is 2.35. The number of nitrogens with zero attached hydrogens (tertiary/aromatic N) is 2. The van der Waals surface area contributed by atoms with E-state index in [1.165, 1.54) is 54.2 Å². The summed E-state index contributed by atoms with van der Waals surface area (Å²) in [5, 5.41) is 2.54. The van der Waals surface area contributed by atoms with Crippen LogP contribution in [0.4, 0.5) is 0 Å². The van der Waals surface area contributed by atoms with Gasteiger partial charge in [0.15, 0.2) is 0 Å². The van der Waals surface area contributed by atoms with E-state index in [4.69, 9.17) is 4.98 Å². The largest absolute Gasteiger partial charge is 0.299 e. The van der Waals surface area contributed by atoms with Crippen LogP contribution in [0.5, 0.6) is 0 Å². The predicted octanol–water partition coefficient (Wildman–Crippen LogP) is 1.34. The van der Waals surface area contributed by atoms with E-state index in [1.54, 1.807) is 0 Å². The molecule has 0 N–H and O–H groups in total. The molecule has 0 spiro atoms. The molecule has 0 unspecified atom stereocenters. The SMILES string of the molecule is Cc1nc2c(cc1CN1CCCC1)=CCCC=2. The van der Waals surface area contributed by atoms with Crippen molar-refractivity contribution in [3.8, 4) is 0 Å². The second kappa shape index (κ2) is 4.61. The van der Waals surface area contributed by atoms with Gasteiger partial charge in [0.1, 0.15) is 0 Å². The predicted molar refractivity (Wildman–Crippen MR) is 70.9 cm³/mol. The first kappa shape index (κ1) is 11.0. The molecule has 1 saturated heterocycles. The van der Waals surface area contributed by atoms with Gasteiger partial charge in [0.2, 0.25) is 0 Å². The first-order valence-electron chi connectivity index (χ1n) is 6.72. The zero-order chi connectivity index (χ0) is 11.7. The first-order chi connectivity index (χ1) is 8.33. The first-order valence-corrected chi connectivity index (χ1v) is 6.72. The summed E-state index contributed by atoms with van der Waals surface area (Å²) in [6.45, 7) is 5.74. The fourth-order valence-electron chi connectivity index (χ4n) is 2.81. The molecule has 1 aliphatic carbocycles. The van der Waals surface area contributed by atoms with Crippen molar-refractivity contribution in [1.82, 2.24) is 9.88 Å². The summed E-state index contributed by atoms with van der Waals surface area (Å²) in [5.41, 5.74) is 2.62. The summed E-state index contributed by atoms with van der Waals surface area (Å²) in [7, 11) is 0. The molecular weight excluding hydrogens is 208 g/mol. The Kier molecular flexibility index (Phi) is 2.98. The molecule has 2 nitrogen and oxygen atoms in total. The van der Waals surface area contributed by atoms with E-state index in [1.807, 2.05) is 0 Å². The van der Waals surface area contributed by atoms with Gasteiger partial charge in [-0.3, -0.25) is 9.88 Å². The van der Waals surface area contributed by atoms with Crippen molar-refractivity contribution in [1.29, 1.82) is 0 Å². The normalized spacial score (nSPS) is 19.6. The van der Waals surface area contributed by atoms with Crippen LogP contribution in [0.25, 0.3) is 12.2 Å². The number of rotatable bonds is 2. The quantitative estimate of drug-likeness (QED) is 0.759. The van der Waals surface area contributed by atoms with Gasteiger partial charge < -0.3 is 0 Å². The average molecular weight is 228 g/mol. The maximum Gasteiger partial charge on any atom is 0.0662 e. The van der Waals surface area contributed by atoms with Crippen molar-refractivity contribution >= 4 is 12.2 Å². The van der Waals surface area contributed by atoms with E-state index < -0.39 is 0 Å². The second-order valence-electron chi connectivity index (χ2n) is 5.18. The number of fused-ring (bicyclic) bond motifs is 1. The standard InChI is InChI=1S/C15H20N2/c1-12-14(11-17-8-4-5-9-17)10-13-6-2-3-7-15(13)16-12/h6-7,10H,2-5,8-9,11H2,1H3. The van der Waals surface area contributed by atoms with Crippen LogP contribution in [0.15, 0.2) is 6.07 Å². The van der Waals surface area contributed by atoms with Crippen molar-refractivity contribution < 1.29 is 0 Å². The molecule has 0 aromatic carbocycles. The van der Waals surface area contributed by atoms with Crippen LogP contribution in [0, 0.1) is 6.92 Å². The van der Waals surface area contributed by atoms with Crippen molar-refractivity contribution in [2.75, 3.05) is 13.1 Å². The minimum absolute atomic E-state index is 1.08. The Hall–Kier alpha value is -1.15. The van der Waals surface area contributed by atoms with Gasteiger partial charge in [-0.1, -0.05) is 12.2 Å². The lowest BCUT2D eigenvalue weighted by Crippen LogP contribution is -2.32. The van der Waals surface area contributed by atoms with Crippen LogP contribution in [-0.4, -0.2) is 23.0 Å². The summed E-state index contributed by atoms with van der Waals surface area (Å²) < 4.78 is 0. The molecule has 1 aromatic rings. The molecule has 2 heterocycles. The molecule has 0 radical (unpaired) electrons. The summed E-state index contributed by atoms with van der Waals surface area (Å²) >= 11 is 0. The summed E-state index contributed by atoms with van der Waals surface area (Å²) in [5.74, 6) is 0. The van der Waals surface area contributed by atoms with Crippen molar-refractivity contribution in [3.63, 3.8) is 0 Å². The maximum atomic E-state index is 4.74. The number of hydrogen-bond acceptors (Lipinski definition) is 2. The van der Waals surface area contributed by atoms with Crippen molar-refractivity contribution in [2.24, 2.45) is 0 Å². The van der Waals surface area contributed by atoms with Crippen molar-refractivity contribution in [2.45, 2.75) is 39.2 Å². The lowest BCUT2D eigenvalue weighted by atomic mass is 10.1. The molecule has 1 aromatic heterocycles. The monoisotopic (exact) mass is 228 g/mol. The zero-order valence-electron chi connectivity index (χ0n) is 10.6. The number of aryl methyl sites for hydroxylation is 1. The Morgan fingerprint density at radius 1 is 1.18 bits per heavy atom. The van der Waals surface area contributed by atoms with Crippen LogP contribution >= 0.6 is 0 Å². The van der Waals surface area contributed by atoms with E-state index in [0.29, 0.717) is 0 Å². The van der Waals surface area contributed by atoms with Crippen LogP contribution in [0.2, 0.25) is 0 Å². The lowest BCUT2D eigenvalue weighted by molar-refractivity contribution is 0.330. The van der Waals surface area contributed by atoms with E-state index in [9.17, 15) is 0 Å². The van der Waals surface area contributed by atoms with Crippen LogP contribution in [-0.2, 0) is 6.54 Å². The molecule has 2 aliphatic rings. The highest BCUT2D eigenvalue weighted by Crippen LogP contribution is 2.12. The van der Waals surface area contributed by atoms with Gasteiger partial charge in [0.25, 0.3) is 0 Å². The van der Waals surface area contributed by atoms with E-state index in [2.05, 4.69) is 30.0 Å². The molecule has 2 heteroatoms. The van der Waals surface area contributed by atoms with Gasteiger partial charge in [0, 0.05) is 12.2 Å². The van der Waals surface area contributed by atoms with Gasteiger partial charge in [-0.05, 0) is 62.5 Å². The number of likely N-dealkylation sites (tertiary alicyclic amines) is 1. The molecule has 90 valence electrons. The molecule has 0 atom stereocenters. The van der Waals surface area contributed by atoms with Gasteiger partial charge in [-0.25, -0.2) is 0 Å². The number of hydrogen-bond donors (Lipinski definition) is 0. The third-order valence-electron chi connectivity index (χ3n) is 3.84. The van der Waals surface area contributed by atoms with Gasteiger partial charge in [-0.15, -0.1) is 0 Å². The number of pyridine rings is 1. The second-order valence-corrected chi connectivity index (χ2v) is 5.18. The van der Waals surface area contributed by atoms with Crippen LogP contribution in [0.1, 0.15) is 36.9 Å². The van der Waals surface area contributed by atoms with Gasteiger partial charge in [-0.2, -0.15) is 0 Å². The minimum atomic E-state index is 1.08. The number of aromatic nitrogens is 1. The fraction of sp³-hybridized carbons (Fsp3) is 0.533. The topological polar surface area (TPSA) is 16.1 Å². The van der Waals surface area contributed by atoms with Crippen LogP contribution < -0.4 is 10.6 Å². The molecule has 17 heavy (non-hydrogen) atoms. The Labute approximate surface area is 103 Å². The molecule has 0 saturated carbocycles. The highest BCUT2D eigenvalue weighted by Gasteiger charge is 2.13. The molecule has 0 bridgehead atoms. The van der Waals surface area contributed by atoms with Gasteiger partial charge >= 0.3 is 0 Å². The third-order valence-corrected chi connectivity index (χ3v) is 3.84. The lowest BCUT2D eigenvalue weighted by Gasteiger charge is -2.16. The Balaban J connectivity index is 1.94. The van der Waals surface area contributed by atoms with E-state index in [0.717, 1.165) is 13.0 Å². The summed E-state index contributed by atoms with van der Waals surface area (Å²) in [4.78, 5) is 7.29. The van der Waals surface area contributed by atoms with Crippen LogP contribution in [0.3, 0.4) is 0 Å². The van der Waals surface area contributed by atoms with Crippen molar-refractivity contribution in [3.05, 3.63) is 27.9 Å². The molecule has 3 rings (SSSR count). The fourth-order valence-corrected chi connectivity index (χ4v) is 2.81. The third kappa shape index (κ3) is 2.27. The Morgan fingerprint density at radius 3 is 2.76 bits per heavy atom. The van der Waals surface area contributed by atoms with E-state index in [-0.39, 0.29) is 0 Å². The van der Waals surface area contributed by atoms with E-state index >= 15 is 0 Å². The maximum absolute atomic E-state index is 4.74. The molecule has 1 fully saturated rings. The molecule has 0 amide bonds. The minimum Gasteiger partial charge on any atom is -0.299 e. The highest BCUT2D eigenvalue weighted by atomic mass is 15.1. The average Bonchev–Trinajstić information content (AvgIpc) is 2.83.